The van der Waals surface area contributed by atoms with Gasteiger partial charge in [-0.3, -0.25) is 4.79 Å². The summed E-state index contributed by atoms with van der Waals surface area (Å²) in [5.74, 6) is 0.0426. The SMILES string of the molecule is CN(C)CCN(C(=O)c1cccc(C#N)c1)C1CCN(CCc2cccs2)CC1. The Kier molecular flexibility index (Phi) is 7.82. The zero-order valence-corrected chi connectivity index (χ0v) is 18.2. The fraction of sp³-hybridized carbons (Fsp3) is 0.478. The van der Waals surface area contributed by atoms with Gasteiger partial charge in [-0.15, -0.1) is 11.3 Å². The lowest BCUT2D eigenvalue weighted by Gasteiger charge is -2.39. The molecule has 0 radical (unpaired) electrons. The largest absolute Gasteiger partial charge is 0.334 e. The number of hydrogen-bond donors (Lipinski definition) is 0. The topological polar surface area (TPSA) is 50.6 Å². The van der Waals surface area contributed by atoms with E-state index in [9.17, 15) is 4.79 Å². The molecule has 1 aromatic heterocycles. The van der Waals surface area contributed by atoms with Crippen LogP contribution >= 0.6 is 11.3 Å². The maximum absolute atomic E-state index is 13.3. The fourth-order valence-corrected chi connectivity index (χ4v) is 4.52. The van der Waals surface area contributed by atoms with Gasteiger partial charge in [0.2, 0.25) is 0 Å². The van der Waals surface area contributed by atoms with Crippen LogP contribution in [0.15, 0.2) is 41.8 Å². The number of rotatable bonds is 8. The molecule has 29 heavy (non-hydrogen) atoms. The van der Waals surface area contributed by atoms with Crippen LogP contribution in [0.5, 0.6) is 0 Å². The zero-order valence-electron chi connectivity index (χ0n) is 17.4. The van der Waals surface area contributed by atoms with Crippen LogP contribution in [0.3, 0.4) is 0 Å². The van der Waals surface area contributed by atoms with E-state index in [1.807, 2.05) is 36.4 Å². The van der Waals surface area contributed by atoms with E-state index < -0.39 is 0 Å². The third-order valence-electron chi connectivity index (χ3n) is 5.54. The second-order valence-corrected chi connectivity index (χ2v) is 8.93. The first-order valence-corrected chi connectivity index (χ1v) is 11.2. The van der Waals surface area contributed by atoms with Gasteiger partial charge in [0.25, 0.3) is 5.91 Å². The van der Waals surface area contributed by atoms with Crippen LogP contribution in [-0.4, -0.2) is 73.5 Å². The summed E-state index contributed by atoms with van der Waals surface area (Å²) in [6.07, 6.45) is 3.11. The van der Waals surface area contributed by atoms with Crippen LogP contribution in [0.2, 0.25) is 0 Å². The minimum atomic E-state index is 0.0426. The number of likely N-dealkylation sites (N-methyl/N-ethyl adjacent to an activating group) is 1. The zero-order chi connectivity index (χ0) is 20.6. The van der Waals surface area contributed by atoms with Gasteiger partial charge in [-0.25, -0.2) is 0 Å². The molecular formula is C23H30N4OS. The van der Waals surface area contributed by atoms with Gasteiger partial charge < -0.3 is 14.7 Å². The standard InChI is InChI=1S/C23H30N4OS/c1-25(2)14-15-27(23(28)20-6-3-5-19(17-20)18-24)21-8-11-26(12-9-21)13-10-22-7-4-16-29-22/h3-7,16-17,21H,8-15H2,1-2H3. The maximum Gasteiger partial charge on any atom is 0.254 e. The Morgan fingerprint density at radius 2 is 2.00 bits per heavy atom. The Hall–Kier alpha value is -2.20. The normalized spacial score (nSPS) is 15.4. The summed E-state index contributed by atoms with van der Waals surface area (Å²) in [6.45, 7) is 4.69. The summed E-state index contributed by atoms with van der Waals surface area (Å²) in [6, 6.07) is 13.8. The van der Waals surface area contributed by atoms with Crippen molar-refractivity contribution in [3.05, 3.63) is 57.8 Å². The van der Waals surface area contributed by atoms with Crippen LogP contribution in [0.25, 0.3) is 0 Å². The van der Waals surface area contributed by atoms with E-state index in [0.717, 1.165) is 45.4 Å². The summed E-state index contributed by atoms with van der Waals surface area (Å²) < 4.78 is 0. The van der Waals surface area contributed by atoms with Crippen molar-refractivity contribution in [1.82, 2.24) is 14.7 Å². The average molecular weight is 411 g/mol. The monoisotopic (exact) mass is 410 g/mol. The molecule has 1 fully saturated rings. The van der Waals surface area contributed by atoms with Crippen molar-refractivity contribution in [3.63, 3.8) is 0 Å². The molecule has 5 nitrogen and oxygen atoms in total. The van der Waals surface area contributed by atoms with Crippen LogP contribution in [0.1, 0.15) is 33.6 Å². The highest BCUT2D eigenvalue weighted by molar-refractivity contribution is 7.09. The van der Waals surface area contributed by atoms with E-state index in [2.05, 4.69) is 33.4 Å². The Morgan fingerprint density at radius 1 is 1.21 bits per heavy atom. The van der Waals surface area contributed by atoms with E-state index in [-0.39, 0.29) is 11.9 Å². The lowest BCUT2D eigenvalue weighted by molar-refractivity contribution is 0.0556. The number of carbonyl (C=O) groups excluding carboxylic acids is 1. The molecule has 2 heterocycles. The number of nitrogens with zero attached hydrogens (tertiary/aromatic N) is 4. The first kappa shape index (κ1) is 21.5. The van der Waals surface area contributed by atoms with Crippen LogP contribution in [0, 0.1) is 11.3 Å². The summed E-state index contributed by atoms with van der Waals surface area (Å²) in [5.41, 5.74) is 1.15. The second kappa shape index (κ2) is 10.5. The van der Waals surface area contributed by atoms with Gasteiger partial charge in [-0.05, 0) is 63.0 Å². The van der Waals surface area contributed by atoms with Crippen LogP contribution in [-0.2, 0) is 6.42 Å². The molecule has 1 saturated heterocycles. The van der Waals surface area contributed by atoms with Crippen molar-refractivity contribution >= 4 is 17.2 Å². The van der Waals surface area contributed by atoms with Crippen molar-refractivity contribution in [2.45, 2.75) is 25.3 Å². The van der Waals surface area contributed by atoms with Gasteiger partial charge in [0.1, 0.15) is 0 Å². The van der Waals surface area contributed by atoms with Gasteiger partial charge in [0.15, 0.2) is 0 Å². The first-order chi connectivity index (χ1) is 14.1. The minimum Gasteiger partial charge on any atom is -0.334 e. The lowest BCUT2D eigenvalue weighted by Crippen LogP contribution is -2.49. The molecule has 0 N–H and O–H groups in total. The Bertz CT molecular complexity index is 820. The fourth-order valence-electron chi connectivity index (χ4n) is 3.82. The highest BCUT2D eigenvalue weighted by atomic mass is 32.1. The molecule has 1 aliphatic rings. The summed E-state index contributed by atoms with van der Waals surface area (Å²) in [5, 5.41) is 11.3. The molecule has 154 valence electrons. The van der Waals surface area contributed by atoms with Gasteiger partial charge >= 0.3 is 0 Å². The van der Waals surface area contributed by atoms with E-state index in [0.29, 0.717) is 17.7 Å². The van der Waals surface area contributed by atoms with Crippen molar-refractivity contribution in [2.24, 2.45) is 0 Å². The number of piperidine rings is 1. The van der Waals surface area contributed by atoms with E-state index in [4.69, 9.17) is 5.26 Å². The van der Waals surface area contributed by atoms with Gasteiger partial charge in [0.05, 0.1) is 11.6 Å². The summed E-state index contributed by atoms with van der Waals surface area (Å²) in [4.78, 5) is 21.4. The molecule has 0 saturated carbocycles. The number of thiophene rings is 1. The molecule has 0 spiro atoms. The average Bonchev–Trinajstić information content (AvgIpc) is 3.26. The molecule has 0 aliphatic carbocycles. The highest BCUT2D eigenvalue weighted by Crippen LogP contribution is 2.20. The Balaban J connectivity index is 1.62. The second-order valence-electron chi connectivity index (χ2n) is 7.90. The highest BCUT2D eigenvalue weighted by Gasteiger charge is 2.28. The molecule has 1 amide bonds. The Labute approximate surface area is 178 Å². The third kappa shape index (κ3) is 6.14. The number of hydrogen-bond acceptors (Lipinski definition) is 5. The number of benzene rings is 1. The van der Waals surface area contributed by atoms with Crippen LogP contribution in [0.4, 0.5) is 0 Å². The van der Waals surface area contributed by atoms with E-state index >= 15 is 0 Å². The molecular weight excluding hydrogens is 380 g/mol. The minimum absolute atomic E-state index is 0.0426. The van der Waals surface area contributed by atoms with Gasteiger partial charge in [-0.2, -0.15) is 5.26 Å². The van der Waals surface area contributed by atoms with Crippen LogP contribution < -0.4 is 0 Å². The third-order valence-corrected chi connectivity index (χ3v) is 6.48. The number of likely N-dealkylation sites (tertiary alicyclic amines) is 1. The van der Waals surface area contributed by atoms with Crippen molar-refractivity contribution in [2.75, 3.05) is 46.8 Å². The van der Waals surface area contributed by atoms with Gasteiger partial charge in [0, 0.05) is 49.2 Å². The number of carbonyl (C=O) groups is 1. The number of nitriles is 1. The van der Waals surface area contributed by atoms with Crippen molar-refractivity contribution in [3.8, 4) is 6.07 Å². The molecule has 0 bridgehead atoms. The molecule has 0 atom stereocenters. The molecule has 0 unspecified atom stereocenters. The molecule has 2 aromatic rings. The molecule has 1 aliphatic heterocycles. The predicted molar refractivity (Wildman–Crippen MR) is 118 cm³/mol. The first-order valence-electron chi connectivity index (χ1n) is 10.3. The Morgan fingerprint density at radius 3 is 2.66 bits per heavy atom. The van der Waals surface area contributed by atoms with Gasteiger partial charge in [-0.1, -0.05) is 12.1 Å². The predicted octanol–water partition coefficient (Wildman–Crippen LogP) is 3.33. The summed E-state index contributed by atoms with van der Waals surface area (Å²) >= 11 is 1.82. The number of amides is 1. The maximum atomic E-state index is 13.3. The molecule has 1 aromatic carbocycles. The quantitative estimate of drug-likeness (QED) is 0.670. The van der Waals surface area contributed by atoms with E-state index in [1.165, 1.54) is 4.88 Å². The summed E-state index contributed by atoms with van der Waals surface area (Å²) in [7, 11) is 4.07. The molecule has 6 heteroatoms. The molecule has 3 rings (SSSR count). The van der Waals surface area contributed by atoms with E-state index in [1.54, 1.807) is 18.2 Å². The smallest absolute Gasteiger partial charge is 0.254 e. The van der Waals surface area contributed by atoms with Crippen molar-refractivity contribution in [1.29, 1.82) is 5.26 Å². The van der Waals surface area contributed by atoms with Crippen molar-refractivity contribution < 1.29 is 4.79 Å². The lowest BCUT2D eigenvalue weighted by atomic mass is 10.0.